The van der Waals surface area contributed by atoms with Crippen LogP contribution in [-0.4, -0.2) is 38.3 Å². The normalized spacial score (nSPS) is 18.0. The Bertz CT molecular complexity index is 421. The van der Waals surface area contributed by atoms with Gasteiger partial charge in [0, 0.05) is 37.5 Å². The highest BCUT2D eigenvalue weighted by atomic mass is 16.5. The molecule has 1 fully saturated rings. The number of ether oxygens (including phenoxy) is 1. The molecule has 0 radical (unpaired) electrons. The van der Waals surface area contributed by atoms with Gasteiger partial charge in [0.2, 0.25) is 0 Å². The first kappa shape index (κ1) is 14.9. The standard InChI is InChI=1S/C16H24N2O2/c1-3-18(4-2)14-9-7-13(8-10-14)16(19)17-12-15-6-5-11-20-15/h7-10,15H,3-6,11-12H2,1-2H3,(H,17,19). The average Bonchev–Trinajstić information content (AvgIpc) is 3.00. The summed E-state index contributed by atoms with van der Waals surface area (Å²) in [6.45, 7) is 7.63. The molecule has 0 aliphatic carbocycles. The van der Waals surface area contributed by atoms with Gasteiger partial charge in [-0.05, 0) is 51.0 Å². The van der Waals surface area contributed by atoms with Crippen LogP contribution in [0.5, 0.6) is 0 Å². The number of anilines is 1. The highest BCUT2D eigenvalue weighted by molar-refractivity contribution is 5.94. The summed E-state index contributed by atoms with van der Waals surface area (Å²) < 4.78 is 5.50. The molecule has 0 spiro atoms. The summed E-state index contributed by atoms with van der Waals surface area (Å²) in [6, 6.07) is 7.79. The van der Waals surface area contributed by atoms with Gasteiger partial charge in [0.25, 0.3) is 5.91 Å². The highest BCUT2D eigenvalue weighted by Gasteiger charge is 2.16. The summed E-state index contributed by atoms with van der Waals surface area (Å²) in [5.41, 5.74) is 1.87. The van der Waals surface area contributed by atoms with Crippen LogP contribution < -0.4 is 10.2 Å². The molecule has 110 valence electrons. The molecule has 4 heteroatoms. The van der Waals surface area contributed by atoms with Gasteiger partial charge in [-0.1, -0.05) is 0 Å². The van der Waals surface area contributed by atoms with Gasteiger partial charge in [-0.15, -0.1) is 0 Å². The molecule has 1 amide bonds. The lowest BCUT2D eigenvalue weighted by atomic mass is 10.1. The van der Waals surface area contributed by atoms with Gasteiger partial charge in [0.15, 0.2) is 0 Å². The maximum atomic E-state index is 12.0. The summed E-state index contributed by atoms with van der Waals surface area (Å²) in [6.07, 6.45) is 2.33. The molecule has 1 unspecified atom stereocenters. The quantitative estimate of drug-likeness (QED) is 0.867. The van der Waals surface area contributed by atoms with Gasteiger partial charge in [-0.25, -0.2) is 0 Å². The molecule has 1 aliphatic rings. The number of carbonyl (C=O) groups is 1. The number of carbonyl (C=O) groups excluding carboxylic acids is 1. The van der Waals surface area contributed by atoms with E-state index in [1.165, 1.54) is 0 Å². The zero-order valence-corrected chi connectivity index (χ0v) is 12.4. The van der Waals surface area contributed by atoms with E-state index >= 15 is 0 Å². The third-order valence-corrected chi connectivity index (χ3v) is 3.77. The minimum Gasteiger partial charge on any atom is -0.376 e. The minimum absolute atomic E-state index is 0.0217. The van der Waals surface area contributed by atoms with Gasteiger partial charge in [-0.2, -0.15) is 0 Å². The Morgan fingerprint density at radius 2 is 2.00 bits per heavy atom. The van der Waals surface area contributed by atoms with Crippen molar-refractivity contribution >= 4 is 11.6 Å². The van der Waals surface area contributed by atoms with E-state index in [2.05, 4.69) is 24.1 Å². The van der Waals surface area contributed by atoms with Crippen LogP contribution in [0.15, 0.2) is 24.3 Å². The zero-order chi connectivity index (χ0) is 14.4. The fourth-order valence-corrected chi connectivity index (χ4v) is 2.53. The molecule has 1 saturated heterocycles. The molecule has 1 heterocycles. The van der Waals surface area contributed by atoms with Crippen LogP contribution in [0.1, 0.15) is 37.0 Å². The molecule has 1 atom stereocenters. The Kier molecular flexibility index (Phi) is 5.41. The van der Waals surface area contributed by atoms with Gasteiger partial charge in [0.05, 0.1) is 6.10 Å². The number of nitrogens with zero attached hydrogens (tertiary/aromatic N) is 1. The lowest BCUT2D eigenvalue weighted by Crippen LogP contribution is -2.31. The van der Waals surface area contributed by atoms with Crippen molar-refractivity contribution in [3.8, 4) is 0 Å². The third-order valence-electron chi connectivity index (χ3n) is 3.77. The van der Waals surface area contributed by atoms with Crippen molar-refractivity contribution in [1.82, 2.24) is 5.32 Å². The summed E-state index contributed by atoms with van der Waals surface area (Å²) in [5, 5.41) is 2.94. The number of rotatable bonds is 6. The molecule has 1 aromatic rings. The van der Waals surface area contributed by atoms with E-state index in [0.29, 0.717) is 12.1 Å². The molecule has 1 aliphatic heterocycles. The minimum atomic E-state index is -0.0217. The van der Waals surface area contributed by atoms with Crippen LogP contribution in [0.4, 0.5) is 5.69 Å². The van der Waals surface area contributed by atoms with Crippen LogP contribution >= 0.6 is 0 Å². The van der Waals surface area contributed by atoms with E-state index in [0.717, 1.165) is 38.2 Å². The molecule has 4 nitrogen and oxygen atoms in total. The molecule has 1 N–H and O–H groups in total. The fraction of sp³-hybridized carbons (Fsp3) is 0.562. The molecule has 2 rings (SSSR count). The maximum Gasteiger partial charge on any atom is 0.251 e. The van der Waals surface area contributed by atoms with E-state index in [1.807, 2.05) is 24.3 Å². The van der Waals surface area contributed by atoms with E-state index in [1.54, 1.807) is 0 Å². The van der Waals surface area contributed by atoms with Gasteiger partial charge < -0.3 is 15.0 Å². The van der Waals surface area contributed by atoms with Crippen LogP contribution in [-0.2, 0) is 4.74 Å². The van der Waals surface area contributed by atoms with Gasteiger partial charge in [-0.3, -0.25) is 4.79 Å². The van der Waals surface area contributed by atoms with Crippen molar-refractivity contribution in [3.63, 3.8) is 0 Å². The van der Waals surface area contributed by atoms with Gasteiger partial charge in [0.1, 0.15) is 0 Å². The zero-order valence-electron chi connectivity index (χ0n) is 12.4. The van der Waals surface area contributed by atoms with Crippen molar-refractivity contribution in [1.29, 1.82) is 0 Å². The molecule has 20 heavy (non-hydrogen) atoms. The molecular weight excluding hydrogens is 252 g/mol. The summed E-state index contributed by atoms with van der Waals surface area (Å²) in [7, 11) is 0. The van der Waals surface area contributed by atoms with Crippen LogP contribution in [0.3, 0.4) is 0 Å². The van der Waals surface area contributed by atoms with Crippen molar-refractivity contribution in [2.45, 2.75) is 32.8 Å². The molecule has 1 aromatic carbocycles. The van der Waals surface area contributed by atoms with Gasteiger partial charge >= 0.3 is 0 Å². The molecule has 0 aromatic heterocycles. The number of benzene rings is 1. The topological polar surface area (TPSA) is 41.6 Å². The van der Waals surface area contributed by atoms with E-state index < -0.39 is 0 Å². The van der Waals surface area contributed by atoms with E-state index in [-0.39, 0.29) is 12.0 Å². The average molecular weight is 276 g/mol. The van der Waals surface area contributed by atoms with Crippen molar-refractivity contribution in [2.75, 3.05) is 31.1 Å². The Hall–Kier alpha value is -1.55. The largest absolute Gasteiger partial charge is 0.376 e. The summed E-state index contributed by atoms with van der Waals surface area (Å²) >= 11 is 0. The van der Waals surface area contributed by atoms with Crippen molar-refractivity contribution < 1.29 is 9.53 Å². The Labute approximate surface area is 121 Å². The molecule has 0 bridgehead atoms. The first-order valence-corrected chi connectivity index (χ1v) is 7.49. The number of hydrogen-bond donors (Lipinski definition) is 1. The second-order valence-corrected chi connectivity index (χ2v) is 5.06. The molecular formula is C16H24N2O2. The highest BCUT2D eigenvalue weighted by Crippen LogP contribution is 2.15. The van der Waals surface area contributed by atoms with E-state index in [9.17, 15) is 4.79 Å². The predicted octanol–water partition coefficient (Wildman–Crippen LogP) is 2.44. The first-order valence-electron chi connectivity index (χ1n) is 7.49. The lowest BCUT2D eigenvalue weighted by molar-refractivity contribution is 0.0858. The predicted molar refractivity (Wildman–Crippen MR) is 81.3 cm³/mol. The second kappa shape index (κ2) is 7.29. The summed E-state index contributed by atoms with van der Waals surface area (Å²) in [5.74, 6) is -0.0217. The van der Waals surface area contributed by atoms with Crippen molar-refractivity contribution in [3.05, 3.63) is 29.8 Å². The third kappa shape index (κ3) is 3.73. The monoisotopic (exact) mass is 276 g/mol. The van der Waals surface area contributed by atoms with Crippen LogP contribution in [0, 0.1) is 0 Å². The number of hydrogen-bond acceptors (Lipinski definition) is 3. The fourth-order valence-electron chi connectivity index (χ4n) is 2.53. The number of nitrogens with one attached hydrogen (secondary N) is 1. The Morgan fingerprint density at radius 1 is 1.30 bits per heavy atom. The van der Waals surface area contributed by atoms with Crippen LogP contribution in [0.25, 0.3) is 0 Å². The Balaban J connectivity index is 1.89. The number of amides is 1. The first-order chi connectivity index (χ1) is 9.74. The van der Waals surface area contributed by atoms with Crippen molar-refractivity contribution in [2.24, 2.45) is 0 Å². The molecule has 0 saturated carbocycles. The van der Waals surface area contributed by atoms with Crippen LogP contribution in [0.2, 0.25) is 0 Å². The smallest absolute Gasteiger partial charge is 0.251 e. The second-order valence-electron chi connectivity index (χ2n) is 5.06. The maximum absolute atomic E-state index is 12.0. The lowest BCUT2D eigenvalue weighted by Gasteiger charge is -2.21. The summed E-state index contributed by atoms with van der Waals surface area (Å²) in [4.78, 5) is 14.3. The van der Waals surface area contributed by atoms with E-state index in [4.69, 9.17) is 4.74 Å². The SMILES string of the molecule is CCN(CC)c1ccc(C(=O)NCC2CCCO2)cc1. The Morgan fingerprint density at radius 3 is 2.55 bits per heavy atom.